The van der Waals surface area contributed by atoms with Gasteiger partial charge in [-0.3, -0.25) is 9.78 Å². The number of thiazole rings is 1. The highest BCUT2D eigenvalue weighted by atomic mass is 32.1. The highest BCUT2D eigenvalue weighted by molar-refractivity contribution is 7.15. The minimum Gasteiger partial charge on any atom is -0.480 e. The molecule has 3 N–H and O–H groups in total. The zero-order chi connectivity index (χ0) is 12.4. The Balaban J connectivity index is 2.41. The van der Waals surface area contributed by atoms with Crippen molar-refractivity contribution in [3.63, 3.8) is 0 Å². The van der Waals surface area contributed by atoms with Crippen molar-refractivity contribution in [2.75, 3.05) is 0 Å². The molecule has 1 unspecified atom stereocenters. The standard InChI is InChI=1S/C11H11N3O2S/c1-6-9(8(12)11(15)16)17-10(14-6)7-4-2-3-5-13-7/h2-5,8H,12H2,1H3,(H,15,16). The van der Waals surface area contributed by atoms with Gasteiger partial charge < -0.3 is 10.8 Å². The van der Waals surface area contributed by atoms with Crippen LogP contribution in [0.1, 0.15) is 16.6 Å². The van der Waals surface area contributed by atoms with Crippen molar-refractivity contribution >= 4 is 17.3 Å². The van der Waals surface area contributed by atoms with Gasteiger partial charge in [0.1, 0.15) is 11.0 Å². The normalized spacial score (nSPS) is 12.4. The van der Waals surface area contributed by atoms with E-state index in [1.807, 2.05) is 18.2 Å². The number of hydrogen-bond acceptors (Lipinski definition) is 5. The molecule has 0 radical (unpaired) electrons. The molecule has 0 spiro atoms. The molecule has 0 bridgehead atoms. The Morgan fingerprint density at radius 1 is 1.53 bits per heavy atom. The maximum Gasteiger partial charge on any atom is 0.326 e. The molecule has 2 heterocycles. The Labute approximate surface area is 102 Å². The Morgan fingerprint density at radius 3 is 2.88 bits per heavy atom. The molecule has 88 valence electrons. The first-order valence-corrected chi connectivity index (χ1v) is 5.78. The lowest BCUT2D eigenvalue weighted by molar-refractivity contribution is -0.138. The number of carboxylic acid groups (broad SMARTS) is 1. The van der Waals surface area contributed by atoms with Crippen LogP contribution in [0.25, 0.3) is 10.7 Å². The summed E-state index contributed by atoms with van der Waals surface area (Å²) in [4.78, 5) is 19.9. The third-order valence-electron chi connectivity index (χ3n) is 2.27. The summed E-state index contributed by atoms with van der Waals surface area (Å²) < 4.78 is 0. The minimum absolute atomic E-state index is 0.568. The molecule has 2 rings (SSSR count). The fraction of sp³-hybridized carbons (Fsp3) is 0.182. The van der Waals surface area contributed by atoms with Gasteiger partial charge in [-0.05, 0) is 19.1 Å². The molecule has 0 aliphatic rings. The van der Waals surface area contributed by atoms with Gasteiger partial charge in [0.2, 0.25) is 0 Å². The van der Waals surface area contributed by atoms with Gasteiger partial charge >= 0.3 is 5.97 Å². The fourth-order valence-electron chi connectivity index (χ4n) is 1.41. The third kappa shape index (κ3) is 2.32. The van der Waals surface area contributed by atoms with Crippen molar-refractivity contribution in [1.82, 2.24) is 9.97 Å². The summed E-state index contributed by atoms with van der Waals surface area (Å²) in [5, 5.41) is 9.57. The number of carboxylic acids is 1. The Hall–Kier alpha value is -1.79. The van der Waals surface area contributed by atoms with Crippen molar-refractivity contribution in [2.24, 2.45) is 5.73 Å². The van der Waals surface area contributed by atoms with Gasteiger partial charge in [0, 0.05) is 6.20 Å². The second-order valence-corrected chi connectivity index (χ2v) is 4.53. The Morgan fingerprint density at radius 2 is 2.29 bits per heavy atom. The summed E-state index contributed by atoms with van der Waals surface area (Å²) in [6.07, 6.45) is 1.67. The lowest BCUT2D eigenvalue weighted by Gasteiger charge is -2.02. The molecule has 0 aliphatic heterocycles. The molecule has 0 fully saturated rings. The van der Waals surface area contributed by atoms with E-state index in [-0.39, 0.29) is 0 Å². The Kier molecular flexibility index (Phi) is 3.16. The maximum absolute atomic E-state index is 10.8. The van der Waals surface area contributed by atoms with Crippen molar-refractivity contribution < 1.29 is 9.90 Å². The minimum atomic E-state index is -1.05. The van der Waals surface area contributed by atoms with E-state index in [0.29, 0.717) is 15.6 Å². The van der Waals surface area contributed by atoms with E-state index >= 15 is 0 Å². The summed E-state index contributed by atoms with van der Waals surface area (Å²) in [5.41, 5.74) is 6.95. The summed E-state index contributed by atoms with van der Waals surface area (Å²) in [5.74, 6) is -1.05. The van der Waals surface area contributed by atoms with Crippen LogP contribution in [0.4, 0.5) is 0 Å². The highest BCUT2D eigenvalue weighted by Crippen LogP contribution is 2.29. The first-order valence-electron chi connectivity index (χ1n) is 4.96. The molecular weight excluding hydrogens is 238 g/mol. The van der Waals surface area contributed by atoms with Crippen molar-refractivity contribution in [1.29, 1.82) is 0 Å². The van der Waals surface area contributed by atoms with Crippen molar-refractivity contribution in [2.45, 2.75) is 13.0 Å². The zero-order valence-corrected chi connectivity index (χ0v) is 9.94. The van der Waals surface area contributed by atoms with E-state index in [1.165, 1.54) is 11.3 Å². The lowest BCUT2D eigenvalue weighted by Crippen LogP contribution is -2.20. The average molecular weight is 249 g/mol. The number of aromatic nitrogens is 2. The van der Waals surface area contributed by atoms with E-state index in [9.17, 15) is 4.79 Å². The predicted octanol–water partition coefficient (Wildman–Crippen LogP) is 1.60. The van der Waals surface area contributed by atoms with E-state index in [1.54, 1.807) is 13.1 Å². The quantitative estimate of drug-likeness (QED) is 0.862. The van der Waals surface area contributed by atoms with Crippen LogP contribution in [0, 0.1) is 6.92 Å². The number of aliphatic carboxylic acids is 1. The molecule has 2 aromatic heterocycles. The molecule has 5 nitrogen and oxygen atoms in total. The molecule has 0 saturated carbocycles. The van der Waals surface area contributed by atoms with Gasteiger partial charge in [-0.25, -0.2) is 4.98 Å². The molecule has 0 aromatic carbocycles. The number of pyridine rings is 1. The van der Waals surface area contributed by atoms with Gasteiger partial charge in [-0.15, -0.1) is 11.3 Å². The molecule has 17 heavy (non-hydrogen) atoms. The van der Waals surface area contributed by atoms with Gasteiger partial charge in [0.25, 0.3) is 0 Å². The number of hydrogen-bond donors (Lipinski definition) is 2. The second kappa shape index (κ2) is 4.60. The number of aryl methyl sites for hydroxylation is 1. The molecule has 0 saturated heterocycles. The van der Waals surface area contributed by atoms with Crippen LogP contribution >= 0.6 is 11.3 Å². The van der Waals surface area contributed by atoms with Crippen LogP contribution in [-0.4, -0.2) is 21.0 Å². The Bertz CT molecular complexity index is 539. The van der Waals surface area contributed by atoms with Gasteiger partial charge in [0.15, 0.2) is 0 Å². The molecular formula is C11H11N3O2S. The summed E-state index contributed by atoms with van der Waals surface area (Å²) in [6.45, 7) is 1.75. The van der Waals surface area contributed by atoms with E-state index < -0.39 is 12.0 Å². The highest BCUT2D eigenvalue weighted by Gasteiger charge is 2.21. The number of carbonyl (C=O) groups is 1. The van der Waals surface area contributed by atoms with Crippen LogP contribution in [0.15, 0.2) is 24.4 Å². The smallest absolute Gasteiger partial charge is 0.326 e. The fourth-order valence-corrected chi connectivity index (χ4v) is 2.45. The SMILES string of the molecule is Cc1nc(-c2ccccn2)sc1C(N)C(=O)O. The van der Waals surface area contributed by atoms with Crippen LogP contribution in [0.5, 0.6) is 0 Å². The molecule has 2 aromatic rings. The van der Waals surface area contributed by atoms with Crippen LogP contribution < -0.4 is 5.73 Å². The van der Waals surface area contributed by atoms with Crippen molar-refractivity contribution in [3.05, 3.63) is 35.0 Å². The van der Waals surface area contributed by atoms with Gasteiger partial charge in [-0.1, -0.05) is 6.07 Å². The monoisotopic (exact) mass is 249 g/mol. The largest absolute Gasteiger partial charge is 0.480 e. The number of rotatable bonds is 3. The maximum atomic E-state index is 10.8. The number of nitrogens with zero attached hydrogens (tertiary/aromatic N) is 2. The topological polar surface area (TPSA) is 89.1 Å². The average Bonchev–Trinajstić information content (AvgIpc) is 2.71. The van der Waals surface area contributed by atoms with Crippen LogP contribution in [-0.2, 0) is 4.79 Å². The molecule has 6 heteroatoms. The summed E-state index contributed by atoms with van der Waals surface area (Å²) in [6, 6.07) is 4.47. The lowest BCUT2D eigenvalue weighted by atomic mass is 10.2. The van der Waals surface area contributed by atoms with Gasteiger partial charge in [-0.2, -0.15) is 0 Å². The molecule has 1 atom stereocenters. The first-order chi connectivity index (χ1) is 8.09. The van der Waals surface area contributed by atoms with Crippen molar-refractivity contribution in [3.8, 4) is 10.7 Å². The molecule has 0 amide bonds. The van der Waals surface area contributed by atoms with Crippen LogP contribution in [0.3, 0.4) is 0 Å². The third-order valence-corrected chi connectivity index (χ3v) is 3.53. The predicted molar refractivity (Wildman–Crippen MR) is 64.6 cm³/mol. The number of nitrogens with two attached hydrogens (primary N) is 1. The van der Waals surface area contributed by atoms with Gasteiger partial charge in [0.05, 0.1) is 16.3 Å². The van der Waals surface area contributed by atoms with E-state index in [4.69, 9.17) is 10.8 Å². The first kappa shape index (κ1) is 11.7. The summed E-state index contributed by atoms with van der Waals surface area (Å²) >= 11 is 1.27. The summed E-state index contributed by atoms with van der Waals surface area (Å²) in [7, 11) is 0. The van der Waals surface area contributed by atoms with Crippen LogP contribution in [0.2, 0.25) is 0 Å². The van der Waals surface area contributed by atoms with E-state index in [0.717, 1.165) is 5.69 Å². The molecule has 0 aliphatic carbocycles. The second-order valence-electron chi connectivity index (χ2n) is 3.50. The zero-order valence-electron chi connectivity index (χ0n) is 9.12. The van der Waals surface area contributed by atoms with E-state index in [2.05, 4.69) is 9.97 Å².